The topological polar surface area (TPSA) is 80.3 Å². The van der Waals surface area contributed by atoms with E-state index in [0.29, 0.717) is 39.5 Å². The lowest BCUT2D eigenvalue weighted by molar-refractivity contribution is -0.123. The number of carbonyl (C=O) groups excluding carboxylic acids is 2. The second-order valence-electron chi connectivity index (χ2n) is 6.29. The average molecular weight is 464 g/mol. The summed E-state index contributed by atoms with van der Waals surface area (Å²) in [5, 5.41) is 9.05. The fraction of sp³-hybridized carbons (Fsp3) is 0.190. The van der Waals surface area contributed by atoms with E-state index in [4.69, 9.17) is 27.9 Å². The molecule has 9 heteroatoms. The third-order valence-corrected chi connectivity index (χ3v) is 5.29. The van der Waals surface area contributed by atoms with E-state index in [-0.39, 0.29) is 25.0 Å². The molecular weight excluding hydrogens is 445 g/mol. The molecule has 0 aliphatic carbocycles. The Bertz CT molecular complexity index is 1030. The molecule has 0 aliphatic heterocycles. The van der Waals surface area contributed by atoms with Crippen LogP contribution in [0.3, 0.4) is 0 Å². The van der Waals surface area contributed by atoms with E-state index >= 15 is 0 Å². The van der Waals surface area contributed by atoms with Crippen molar-refractivity contribution in [3.63, 3.8) is 0 Å². The predicted molar refractivity (Wildman–Crippen MR) is 118 cm³/mol. The first-order chi connectivity index (χ1) is 14.5. The summed E-state index contributed by atoms with van der Waals surface area (Å²) in [6.07, 6.45) is 0.673. The maximum atomic E-state index is 12.2. The van der Waals surface area contributed by atoms with Crippen LogP contribution in [0.4, 0.5) is 0 Å². The molecule has 2 N–H and O–H groups in total. The number of benzene rings is 2. The Kier molecular flexibility index (Phi) is 8.07. The lowest BCUT2D eigenvalue weighted by atomic mass is 10.1. The zero-order valence-electron chi connectivity index (χ0n) is 15.9. The quantitative estimate of drug-likeness (QED) is 0.500. The highest BCUT2D eigenvalue weighted by Gasteiger charge is 2.11. The maximum Gasteiger partial charge on any atom is 0.270 e. The van der Waals surface area contributed by atoms with Crippen molar-refractivity contribution in [2.45, 2.75) is 13.0 Å². The molecule has 0 bridgehead atoms. The van der Waals surface area contributed by atoms with Gasteiger partial charge in [-0.05, 0) is 42.3 Å². The van der Waals surface area contributed by atoms with Gasteiger partial charge >= 0.3 is 0 Å². The molecule has 1 heterocycles. The van der Waals surface area contributed by atoms with E-state index < -0.39 is 0 Å². The zero-order chi connectivity index (χ0) is 21.3. The van der Waals surface area contributed by atoms with Gasteiger partial charge in [-0.2, -0.15) is 0 Å². The molecule has 6 nitrogen and oxygen atoms in total. The molecule has 1 aromatic heterocycles. The van der Waals surface area contributed by atoms with Gasteiger partial charge in [0.1, 0.15) is 16.5 Å². The van der Waals surface area contributed by atoms with Crippen LogP contribution in [-0.4, -0.2) is 29.9 Å². The highest BCUT2D eigenvalue weighted by molar-refractivity contribution is 7.09. The maximum absolute atomic E-state index is 12.2. The van der Waals surface area contributed by atoms with Crippen molar-refractivity contribution >= 4 is 46.4 Å². The number of aromatic nitrogens is 1. The summed E-state index contributed by atoms with van der Waals surface area (Å²) < 4.78 is 5.38. The molecule has 0 unspecified atom stereocenters. The van der Waals surface area contributed by atoms with Gasteiger partial charge in [-0.3, -0.25) is 9.59 Å². The SMILES string of the molecule is O=C(COc1cccc(Cl)c1)NCc1nc(C(=O)NCCc2cccc(Cl)c2)cs1. The Morgan fingerprint density at radius 1 is 1.03 bits per heavy atom. The van der Waals surface area contributed by atoms with Crippen LogP contribution >= 0.6 is 34.5 Å². The minimum atomic E-state index is -0.294. The predicted octanol–water partition coefficient (Wildman–Crippen LogP) is 4.12. The zero-order valence-corrected chi connectivity index (χ0v) is 18.2. The molecule has 3 rings (SSSR count). The van der Waals surface area contributed by atoms with Crippen LogP contribution in [-0.2, 0) is 17.8 Å². The van der Waals surface area contributed by atoms with Gasteiger partial charge in [0.15, 0.2) is 6.61 Å². The third-order valence-electron chi connectivity index (χ3n) is 3.98. The Labute approximate surface area is 188 Å². The van der Waals surface area contributed by atoms with Crippen LogP contribution in [0.2, 0.25) is 10.0 Å². The lowest BCUT2D eigenvalue weighted by Gasteiger charge is -2.06. The van der Waals surface area contributed by atoms with Crippen LogP contribution in [0.25, 0.3) is 0 Å². The van der Waals surface area contributed by atoms with Crippen molar-refractivity contribution in [1.29, 1.82) is 0 Å². The normalized spacial score (nSPS) is 10.5. The average Bonchev–Trinajstić information content (AvgIpc) is 3.20. The first kappa shape index (κ1) is 22.1. The van der Waals surface area contributed by atoms with Crippen molar-refractivity contribution in [2.24, 2.45) is 0 Å². The fourth-order valence-corrected chi connectivity index (χ4v) is 3.64. The molecule has 30 heavy (non-hydrogen) atoms. The highest BCUT2D eigenvalue weighted by Crippen LogP contribution is 2.17. The van der Waals surface area contributed by atoms with E-state index in [1.54, 1.807) is 29.6 Å². The van der Waals surface area contributed by atoms with Crippen molar-refractivity contribution in [1.82, 2.24) is 15.6 Å². The Hall–Kier alpha value is -2.61. The Balaban J connectivity index is 1.39. The highest BCUT2D eigenvalue weighted by atomic mass is 35.5. The Morgan fingerprint density at radius 2 is 1.80 bits per heavy atom. The van der Waals surface area contributed by atoms with Gasteiger partial charge in [-0.25, -0.2) is 4.98 Å². The van der Waals surface area contributed by atoms with E-state index in [1.807, 2.05) is 24.3 Å². The molecule has 0 aliphatic rings. The monoisotopic (exact) mass is 463 g/mol. The Morgan fingerprint density at radius 3 is 2.57 bits per heavy atom. The molecule has 0 saturated carbocycles. The van der Waals surface area contributed by atoms with E-state index in [2.05, 4.69) is 15.6 Å². The number of halogens is 2. The summed E-state index contributed by atoms with van der Waals surface area (Å²) in [7, 11) is 0. The van der Waals surface area contributed by atoms with E-state index in [0.717, 1.165) is 5.56 Å². The van der Waals surface area contributed by atoms with Crippen LogP contribution < -0.4 is 15.4 Å². The summed E-state index contributed by atoms with van der Waals surface area (Å²) in [4.78, 5) is 28.4. The molecule has 0 fully saturated rings. The molecule has 3 aromatic rings. The standard InChI is InChI=1S/C21H19Cl2N3O3S/c22-15-4-1-3-14(9-15)7-8-24-21(28)18-13-30-20(26-18)11-25-19(27)12-29-17-6-2-5-16(23)10-17/h1-6,9-10,13H,7-8,11-12H2,(H,24,28)(H,25,27). The molecular formula is C21H19Cl2N3O3S. The molecule has 156 valence electrons. The first-order valence-electron chi connectivity index (χ1n) is 9.12. The van der Waals surface area contributed by atoms with E-state index in [9.17, 15) is 9.59 Å². The second kappa shape index (κ2) is 11.0. The number of rotatable bonds is 9. The number of ether oxygens (including phenoxy) is 1. The number of nitrogens with zero attached hydrogens (tertiary/aromatic N) is 1. The summed E-state index contributed by atoms with van der Waals surface area (Å²) in [5.74, 6) is -0.0310. The number of hydrogen-bond donors (Lipinski definition) is 2. The largest absolute Gasteiger partial charge is 0.484 e. The molecule has 0 saturated heterocycles. The minimum absolute atomic E-state index is 0.136. The first-order valence-corrected chi connectivity index (χ1v) is 10.8. The van der Waals surface area contributed by atoms with Gasteiger partial charge in [-0.15, -0.1) is 11.3 Å². The number of hydrogen-bond acceptors (Lipinski definition) is 5. The van der Waals surface area contributed by atoms with Gasteiger partial charge in [-0.1, -0.05) is 41.4 Å². The molecule has 2 aromatic carbocycles. The molecule has 0 spiro atoms. The number of amides is 2. The summed E-state index contributed by atoms with van der Waals surface area (Å²) in [5.41, 5.74) is 1.37. The van der Waals surface area contributed by atoms with Crippen LogP contribution in [0.15, 0.2) is 53.9 Å². The van der Waals surface area contributed by atoms with Gasteiger partial charge in [0.2, 0.25) is 0 Å². The van der Waals surface area contributed by atoms with Crippen LogP contribution in [0, 0.1) is 0 Å². The minimum Gasteiger partial charge on any atom is -0.484 e. The number of carbonyl (C=O) groups is 2. The molecule has 0 radical (unpaired) electrons. The smallest absolute Gasteiger partial charge is 0.270 e. The third kappa shape index (κ3) is 7.02. The van der Waals surface area contributed by atoms with Gasteiger partial charge in [0, 0.05) is 22.0 Å². The van der Waals surface area contributed by atoms with Crippen molar-refractivity contribution in [3.05, 3.63) is 80.2 Å². The van der Waals surface area contributed by atoms with Crippen LogP contribution in [0.5, 0.6) is 5.75 Å². The van der Waals surface area contributed by atoms with Crippen molar-refractivity contribution < 1.29 is 14.3 Å². The summed E-state index contributed by atoms with van der Waals surface area (Å²) in [6, 6.07) is 14.3. The van der Waals surface area contributed by atoms with Crippen LogP contribution in [0.1, 0.15) is 21.1 Å². The van der Waals surface area contributed by atoms with Crippen molar-refractivity contribution in [2.75, 3.05) is 13.2 Å². The van der Waals surface area contributed by atoms with Gasteiger partial charge < -0.3 is 15.4 Å². The summed E-state index contributed by atoms with van der Waals surface area (Å²) in [6.45, 7) is 0.560. The summed E-state index contributed by atoms with van der Waals surface area (Å²) >= 11 is 13.1. The molecule has 2 amide bonds. The second-order valence-corrected chi connectivity index (χ2v) is 8.10. The number of nitrogens with one attached hydrogen (secondary N) is 2. The fourth-order valence-electron chi connectivity index (χ4n) is 2.53. The van der Waals surface area contributed by atoms with Gasteiger partial charge in [0.25, 0.3) is 11.8 Å². The van der Waals surface area contributed by atoms with Crippen molar-refractivity contribution in [3.8, 4) is 5.75 Å². The van der Waals surface area contributed by atoms with Gasteiger partial charge in [0.05, 0.1) is 6.54 Å². The molecule has 0 atom stereocenters. The number of thiazole rings is 1. The van der Waals surface area contributed by atoms with E-state index in [1.165, 1.54) is 11.3 Å². The lowest BCUT2D eigenvalue weighted by Crippen LogP contribution is -2.28.